The van der Waals surface area contributed by atoms with Crippen LogP contribution < -0.4 is 0 Å². The predicted octanol–water partition coefficient (Wildman–Crippen LogP) is 2.17. The monoisotopic (exact) mass is 246 g/mol. The van der Waals surface area contributed by atoms with Crippen LogP contribution in [0.4, 0.5) is 8.78 Å². The molecule has 1 aromatic heterocycles. The molecule has 0 aliphatic rings. The van der Waals surface area contributed by atoms with Crippen LogP contribution in [0.2, 0.25) is 5.02 Å². The van der Waals surface area contributed by atoms with E-state index in [2.05, 4.69) is 4.98 Å². The number of pyridine rings is 1. The van der Waals surface area contributed by atoms with Gasteiger partial charge in [0.2, 0.25) is 0 Å². The first-order valence-corrected chi connectivity index (χ1v) is 4.43. The molecule has 7 heteroatoms. The third-order valence-electron chi connectivity index (χ3n) is 1.71. The second-order valence-electron chi connectivity index (χ2n) is 2.84. The van der Waals surface area contributed by atoms with Crippen LogP contribution in [0.25, 0.3) is 0 Å². The van der Waals surface area contributed by atoms with Crippen molar-refractivity contribution in [3.8, 4) is 6.07 Å². The van der Waals surface area contributed by atoms with E-state index in [-0.39, 0.29) is 16.3 Å². The van der Waals surface area contributed by atoms with Gasteiger partial charge in [0.05, 0.1) is 22.7 Å². The summed E-state index contributed by atoms with van der Waals surface area (Å²) in [6.45, 7) is 0. The van der Waals surface area contributed by atoms with Crippen LogP contribution in [0.15, 0.2) is 6.07 Å². The van der Waals surface area contributed by atoms with Crippen molar-refractivity contribution in [2.45, 2.75) is 12.8 Å². The van der Waals surface area contributed by atoms with Crippen LogP contribution in [0, 0.1) is 11.3 Å². The predicted molar refractivity (Wildman–Crippen MR) is 50.3 cm³/mol. The molecular weight excluding hydrogens is 242 g/mol. The van der Waals surface area contributed by atoms with Crippen molar-refractivity contribution in [1.82, 2.24) is 4.98 Å². The van der Waals surface area contributed by atoms with Crippen molar-refractivity contribution in [3.05, 3.63) is 28.0 Å². The fourth-order valence-electron chi connectivity index (χ4n) is 1.06. The average Bonchev–Trinajstić information content (AvgIpc) is 2.20. The number of nitriles is 1. The van der Waals surface area contributed by atoms with E-state index in [0.717, 1.165) is 6.07 Å². The summed E-state index contributed by atoms with van der Waals surface area (Å²) in [5.41, 5.74) is -1.09. The van der Waals surface area contributed by atoms with Crippen LogP contribution in [0.3, 0.4) is 0 Å². The van der Waals surface area contributed by atoms with Crippen molar-refractivity contribution in [3.63, 3.8) is 0 Å². The second-order valence-corrected chi connectivity index (χ2v) is 3.22. The Balaban J connectivity index is 3.31. The Labute approximate surface area is 94.1 Å². The van der Waals surface area contributed by atoms with Crippen molar-refractivity contribution in [2.75, 3.05) is 0 Å². The van der Waals surface area contributed by atoms with E-state index in [0.29, 0.717) is 0 Å². The molecule has 84 valence electrons. The molecule has 0 bridgehead atoms. The number of hydrogen-bond acceptors (Lipinski definition) is 3. The fourth-order valence-corrected chi connectivity index (χ4v) is 1.26. The highest BCUT2D eigenvalue weighted by Gasteiger charge is 2.17. The van der Waals surface area contributed by atoms with Crippen molar-refractivity contribution >= 4 is 17.6 Å². The largest absolute Gasteiger partial charge is 0.481 e. The maximum absolute atomic E-state index is 12.4. The lowest BCUT2D eigenvalue weighted by molar-refractivity contribution is -0.136. The van der Waals surface area contributed by atoms with Gasteiger partial charge in [-0.2, -0.15) is 5.26 Å². The SMILES string of the molecule is N#Cc1cc(C(F)F)nc(CC(=O)O)c1Cl. The van der Waals surface area contributed by atoms with Gasteiger partial charge in [0.1, 0.15) is 11.8 Å². The Morgan fingerprint density at radius 1 is 1.69 bits per heavy atom. The first kappa shape index (κ1) is 12.3. The van der Waals surface area contributed by atoms with Gasteiger partial charge < -0.3 is 5.11 Å². The lowest BCUT2D eigenvalue weighted by atomic mass is 10.1. The van der Waals surface area contributed by atoms with E-state index in [4.69, 9.17) is 22.0 Å². The topological polar surface area (TPSA) is 74.0 Å². The standard InChI is InChI=1S/C9H5ClF2N2O2/c10-8-4(3-13)1-6(9(11)12)14-5(8)2-7(15)16/h1,9H,2H2,(H,15,16). The van der Waals surface area contributed by atoms with Gasteiger partial charge in [0.25, 0.3) is 6.43 Å². The smallest absolute Gasteiger partial charge is 0.309 e. The number of aromatic nitrogens is 1. The van der Waals surface area contributed by atoms with E-state index >= 15 is 0 Å². The van der Waals surface area contributed by atoms with Gasteiger partial charge in [-0.3, -0.25) is 4.79 Å². The molecule has 0 aliphatic carbocycles. The molecule has 1 heterocycles. The summed E-state index contributed by atoms with van der Waals surface area (Å²) in [7, 11) is 0. The molecule has 0 aliphatic heterocycles. The van der Waals surface area contributed by atoms with Gasteiger partial charge in [-0.15, -0.1) is 0 Å². The number of nitrogens with zero attached hydrogens (tertiary/aromatic N) is 2. The lowest BCUT2D eigenvalue weighted by Crippen LogP contribution is -2.06. The van der Waals surface area contributed by atoms with Crippen LogP contribution in [-0.2, 0) is 11.2 Å². The van der Waals surface area contributed by atoms with E-state index in [1.165, 1.54) is 0 Å². The highest BCUT2D eigenvalue weighted by Crippen LogP contribution is 2.25. The molecule has 0 saturated heterocycles. The Morgan fingerprint density at radius 2 is 2.31 bits per heavy atom. The van der Waals surface area contributed by atoms with Gasteiger partial charge in [0.15, 0.2) is 0 Å². The first-order chi connectivity index (χ1) is 7.45. The number of carboxylic acids is 1. The Bertz CT molecular complexity index is 471. The molecule has 16 heavy (non-hydrogen) atoms. The van der Waals surface area contributed by atoms with E-state index in [1.807, 2.05) is 0 Å². The summed E-state index contributed by atoms with van der Waals surface area (Å²) in [6.07, 6.45) is -3.48. The number of carbonyl (C=O) groups is 1. The number of aliphatic carboxylic acids is 1. The molecule has 1 N–H and O–H groups in total. The maximum atomic E-state index is 12.4. The lowest BCUT2D eigenvalue weighted by Gasteiger charge is -2.06. The maximum Gasteiger partial charge on any atom is 0.309 e. The Morgan fingerprint density at radius 3 is 2.75 bits per heavy atom. The molecule has 4 nitrogen and oxygen atoms in total. The summed E-state index contributed by atoms with van der Waals surface area (Å²) in [6, 6.07) is 2.45. The molecule has 0 atom stereocenters. The molecule has 0 saturated carbocycles. The second kappa shape index (κ2) is 4.86. The van der Waals surface area contributed by atoms with Crippen LogP contribution in [0.1, 0.15) is 23.4 Å². The minimum absolute atomic E-state index is 0.200. The highest BCUT2D eigenvalue weighted by atomic mass is 35.5. The van der Waals surface area contributed by atoms with Gasteiger partial charge >= 0.3 is 5.97 Å². The number of carboxylic acid groups (broad SMARTS) is 1. The number of alkyl halides is 2. The van der Waals surface area contributed by atoms with E-state index < -0.39 is 24.5 Å². The molecule has 0 aromatic carbocycles. The normalized spacial score (nSPS) is 10.2. The van der Waals surface area contributed by atoms with Crippen molar-refractivity contribution in [2.24, 2.45) is 0 Å². The van der Waals surface area contributed by atoms with E-state index in [9.17, 15) is 13.6 Å². The Kier molecular flexibility index (Phi) is 3.74. The average molecular weight is 247 g/mol. The molecule has 1 aromatic rings. The zero-order valence-electron chi connectivity index (χ0n) is 7.75. The summed E-state index contributed by atoms with van der Waals surface area (Å²) in [5, 5.41) is 16.9. The zero-order chi connectivity index (χ0) is 12.3. The first-order valence-electron chi connectivity index (χ1n) is 4.05. The van der Waals surface area contributed by atoms with Crippen molar-refractivity contribution in [1.29, 1.82) is 5.26 Å². The molecule has 0 unspecified atom stereocenters. The van der Waals surface area contributed by atoms with Crippen LogP contribution in [-0.4, -0.2) is 16.1 Å². The summed E-state index contributed by atoms with van der Waals surface area (Å²) in [5.74, 6) is -1.26. The van der Waals surface area contributed by atoms with Crippen LogP contribution >= 0.6 is 11.6 Å². The van der Waals surface area contributed by atoms with Gasteiger partial charge in [-0.25, -0.2) is 13.8 Å². The quantitative estimate of drug-likeness (QED) is 0.887. The third-order valence-corrected chi connectivity index (χ3v) is 2.13. The number of rotatable bonds is 3. The molecule has 0 spiro atoms. The molecule has 0 amide bonds. The number of hydrogen-bond donors (Lipinski definition) is 1. The highest BCUT2D eigenvalue weighted by molar-refractivity contribution is 6.32. The van der Waals surface area contributed by atoms with Gasteiger partial charge in [0, 0.05) is 0 Å². The molecule has 0 radical (unpaired) electrons. The van der Waals surface area contributed by atoms with Crippen molar-refractivity contribution < 1.29 is 18.7 Å². The summed E-state index contributed by atoms with van der Waals surface area (Å²) < 4.78 is 24.7. The summed E-state index contributed by atoms with van der Waals surface area (Å²) >= 11 is 5.64. The fraction of sp³-hybridized carbons (Fsp3) is 0.222. The molecule has 0 fully saturated rings. The number of halogens is 3. The van der Waals surface area contributed by atoms with E-state index in [1.54, 1.807) is 6.07 Å². The molecular formula is C9H5ClF2N2O2. The minimum atomic E-state index is -2.88. The third kappa shape index (κ3) is 2.64. The molecule has 1 rings (SSSR count). The zero-order valence-corrected chi connectivity index (χ0v) is 8.50. The minimum Gasteiger partial charge on any atom is -0.481 e. The Hall–Kier alpha value is -1.74. The van der Waals surface area contributed by atoms with Gasteiger partial charge in [-0.1, -0.05) is 11.6 Å². The van der Waals surface area contributed by atoms with Crippen LogP contribution in [0.5, 0.6) is 0 Å². The summed E-state index contributed by atoms with van der Waals surface area (Å²) in [4.78, 5) is 13.8. The van der Waals surface area contributed by atoms with Gasteiger partial charge in [-0.05, 0) is 6.07 Å².